The lowest BCUT2D eigenvalue weighted by molar-refractivity contribution is 0.0636. The van der Waals surface area contributed by atoms with Gasteiger partial charge in [0.05, 0.1) is 29.4 Å². The van der Waals surface area contributed by atoms with Crippen LogP contribution in [0.4, 0.5) is 16.2 Å². The first-order chi connectivity index (χ1) is 11.8. The van der Waals surface area contributed by atoms with E-state index in [1.165, 1.54) is 0 Å². The van der Waals surface area contributed by atoms with Gasteiger partial charge >= 0.3 is 6.09 Å². The van der Waals surface area contributed by atoms with Crippen molar-refractivity contribution in [2.24, 2.45) is 0 Å². The largest absolute Gasteiger partial charge is 0.444 e. The Morgan fingerprint density at radius 1 is 1.27 bits per heavy atom. The predicted octanol–water partition coefficient (Wildman–Crippen LogP) is 4.79. The number of anilines is 2. The minimum absolute atomic E-state index is 0.126. The molecule has 0 saturated carbocycles. The van der Waals surface area contributed by atoms with E-state index in [0.29, 0.717) is 5.69 Å². The summed E-state index contributed by atoms with van der Waals surface area (Å²) in [6.45, 7) is 17.5. The molecule has 1 atom stereocenters. The number of aromatic nitrogens is 1. The summed E-state index contributed by atoms with van der Waals surface area (Å²) in [7, 11) is -1.81. The summed E-state index contributed by atoms with van der Waals surface area (Å²) in [5.74, 6) is 0. The first kappa shape index (κ1) is 20.7. The van der Waals surface area contributed by atoms with Gasteiger partial charge in [-0.2, -0.15) is 0 Å². The Morgan fingerprint density at radius 3 is 2.50 bits per heavy atom. The smallest absolute Gasteiger partial charge is 0.412 e. The van der Waals surface area contributed by atoms with Gasteiger partial charge in [0, 0.05) is 13.0 Å². The highest BCUT2D eigenvalue weighted by Crippen LogP contribution is 2.38. The number of rotatable bonds is 3. The van der Waals surface area contributed by atoms with E-state index in [4.69, 9.17) is 9.16 Å². The Kier molecular flexibility index (Phi) is 5.73. The van der Waals surface area contributed by atoms with Gasteiger partial charge in [-0.15, -0.1) is 0 Å². The Balaban J connectivity index is 2.02. The highest BCUT2D eigenvalue weighted by molar-refractivity contribution is 6.74. The van der Waals surface area contributed by atoms with Crippen molar-refractivity contribution in [3.05, 3.63) is 18.0 Å². The monoisotopic (exact) mass is 379 g/mol. The molecule has 1 unspecified atom stereocenters. The Bertz CT molecular complexity index is 663. The molecule has 1 aliphatic rings. The molecule has 6 nitrogen and oxygen atoms in total. The molecule has 2 N–H and O–H groups in total. The van der Waals surface area contributed by atoms with E-state index in [1.807, 2.05) is 26.8 Å². The molecule has 1 aromatic rings. The van der Waals surface area contributed by atoms with Crippen LogP contribution in [0.2, 0.25) is 18.1 Å². The fourth-order valence-electron chi connectivity index (χ4n) is 2.49. The van der Waals surface area contributed by atoms with Gasteiger partial charge in [-0.25, -0.2) is 4.79 Å². The van der Waals surface area contributed by atoms with Crippen LogP contribution in [0, 0.1) is 0 Å². The standard InChI is InChI=1S/C19H33N3O3Si/c1-18(2,3)24-17(23)22-13-9-15-16(20-11-13)10-14(12-21-15)25-26(7,8)19(4,5)6/h9,11,14,21H,10,12H2,1-8H3,(H,22,23). The lowest BCUT2D eigenvalue weighted by atomic mass is 10.1. The van der Waals surface area contributed by atoms with E-state index in [1.54, 1.807) is 6.20 Å². The van der Waals surface area contributed by atoms with E-state index >= 15 is 0 Å². The zero-order valence-electron chi connectivity index (χ0n) is 17.3. The molecule has 0 aliphatic carbocycles. The maximum absolute atomic E-state index is 11.9. The topological polar surface area (TPSA) is 72.5 Å². The van der Waals surface area contributed by atoms with Crippen LogP contribution in [0.25, 0.3) is 0 Å². The van der Waals surface area contributed by atoms with Crippen molar-refractivity contribution in [3.8, 4) is 0 Å². The number of nitrogens with zero attached hydrogens (tertiary/aromatic N) is 1. The number of hydrogen-bond acceptors (Lipinski definition) is 5. The normalized spacial score (nSPS) is 17.9. The Labute approximate surface area is 158 Å². The number of ether oxygens (including phenoxy) is 1. The van der Waals surface area contributed by atoms with Gasteiger partial charge in [-0.3, -0.25) is 10.3 Å². The van der Waals surface area contributed by atoms with Crippen LogP contribution >= 0.6 is 0 Å². The van der Waals surface area contributed by atoms with Gasteiger partial charge in [-0.05, 0) is 45.0 Å². The quantitative estimate of drug-likeness (QED) is 0.739. The summed E-state index contributed by atoms with van der Waals surface area (Å²) >= 11 is 0. The number of carbonyl (C=O) groups is 1. The van der Waals surface area contributed by atoms with Crippen LogP contribution in [-0.4, -0.2) is 37.6 Å². The fourth-order valence-corrected chi connectivity index (χ4v) is 3.84. The van der Waals surface area contributed by atoms with Crippen molar-refractivity contribution in [3.63, 3.8) is 0 Å². The minimum atomic E-state index is -1.81. The summed E-state index contributed by atoms with van der Waals surface area (Å²) in [4.78, 5) is 16.4. The molecule has 2 rings (SSSR count). The molecule has 0 aromatic carbocycles. The molecule has 1 amide bonds. The molecule has 1 aliphatic heterocycles. The van der Waals surface area contributed by atoms with Crippen molar-refractivity contribution in [1.29, 1.82) is 0 Å². The van der Waals surface area contributed by atoms with Crippen molar-refractivity contribution in [2.75, 3.05) is 17.2 Å². The molecule has 0 radical (unpaired) electrons. The molecule has 26 heavy (non-hydrogen) atoms. The maximum atomic E-state index is 11.9. The lowest BCUT2D eigenvalue weighted by Crippen LogP contribution is -2.47. The molecule has 0 saturated heterocycles. The molecule has 2 heterocycles. The summed E-state index contributed by atoms with van der Waals surface area (Å²) in [6.07, 6.45) is 2.09. The van der Waals surface area contributed by atoms with Crippen molar-refractivity contribution >= 4 is 25.8 Å². The zero-order valence-corrected chi connectivity index (χ0v) is 18.3. The first-order valence-corrected chi connectivity index (χ1v) is 12.1. The minimum Gasteiger partial charge on any atom is -0.444 e. The van der Waals surface area contributed by atoms with Crippen LogP contribution < -0.4 is 10.6 Å². The third-order valence-electron chi connectivity index (χ3n) is 4.82. The molecular formula is C19H33N3O3Si. The SMILES string of the molecule is CC(C)(C)OC(=O)Nc1cnc2c(c1)NCC(O[Si](C)(C)C(C)(C)C)C2. The van der Waals surface area contributed by atoms with Crippen LogP contribution in [0.3, 0.4) is 0 Å². The highest BCUT2D eigenvalue weighted by atomic mass is 28.4. The number of amides is 1. The number of nitrogens with one attached hydrogen (secondary N) is 2. The molecule has 7 heteroatoms. The molecule has 1 aromatic heterocycles. The molecule has 0 spiro atoms. The number of pyridine rings is 1. The van der Waals surface area contributed by atoms with Gasteiger partial charge in [0.1, 0.15) is 5.60 Å². The van der Waals surface area contributed by atoms with Crippen LogP contribution in [0.5, 0.6) is 0 Å². The second kappa shape index (κ2) is 7.19. The van der Waals surface area contributed by atoms with E-state index in [-0.39, 0.29) is 11.1 Å². The lowest BCUT2D eigenvalue weighted by Gasteiger charge is -2.40. The first-order valence-electron chi connectivity index (χ1n) is 9.17. The average molecular weight is 380 g/mol. The summed E-state index contributed by atoms with van der Waals surface area (Å²) in [5, 5.41) is 6.30. The van der Waals surface area contributed by atoms with E-state index in [9.17, 15) is 4.79 Å². The molecule has 0 fully saturated rings. The van der Waals surface area contributed by atoms with Gasteiger partial charge in [0.25, 0.3) is 0 Å². The third kappa shape index (κ3) is 5.44. The van der Waals surface area contributed by atoms with Gasteiger partial charge in [-0.1, -0.05) is 20.8 Å². The average Bonchev–Trinajstić information content (AvgIpc) is 2.43. The summed E-state index contributed by atoms with van der Waals surface area (Å²) in [6, 6.07) is 1.90. The van der Waals surface area contributed by atoms with Crippen LogP contribution in [0.15, 0.2) is 12.3 Å². The summed E-state index contributed by atoms with van der Waals surface area (Å²) < 4.78 is 11.8. The second-order valence-electron chi connectivity index (χ2n) is 9.43. The number of hydrogen-bond donors (Lipinski definition) is 2. The third-order valence-corrected chi connectivity index (χ3v) is 9.36. The van der Waals surface area contributed by atoms with E-state index < -0.39 is 20.0 Å². The molecular weight excluding hydrogens is 346 g/mol. The summed E-state index contributed by atoms with van der Waals surface area (Å²) in [5.41, 5.74) is 2.00. The molecule has 0 bridgehead atoms. The Morgan fingerprint density at radius 2 is 1.92 bits per heavy atom. The van der Waals surface area contributed by atoms with Gasteiger partial charge in [0.2, 0.25) is 0 Å². The van der Waals surface area contributed by atoms with Crippen LogP contribution in [0.1, 0.15) is 47.2 Å². The zero-order chi connectivity index (χ0) is 19.8. The van der Waals surface area contributed by atoms with Crippen molar-refractivity contribution in [1.82, 2.24) is 4.98 Å². The van der Waals surface area contributed by atoms with Crippen molar-refractivity contribution < 1.29 is 14.0 Å². The highest BCUT2D eigenvalue weighted by Gasteiger charge is 2.39. The Hall–Kier alpha value is -1.60. The number of fused-ring (bicyclic) bond motifs is 1. The van der Waals surface area contributed by atoms with E-state index in [0.717, 1.165) is 24.3 Å². The fraction of sp³-hybridized carbons (Fsp3) is 0.684. The van der Waals surface area contributed by atoms with Gasteiger partial charge < -0.3 is 14.5 Å². The van der Waals surface area contributed by atoms with Gasteiger partial charge in [0.15, 0.2) is 8.32 Å². The van der Waals surface area contributed by atoms with E-state index in [2.05, 4.69) is 49.5 Å². The second-order valence-corrected chi connectivity index (χ2v) is 14.2. The molecule has 146 valence electrons. The van der Waals surface area contributed by atoms with Crippen molar-refractivity contribution in [2.45, 2.75) is 77.8 Å². The van der Waals surface area contributed by atoms with Crippen LogP contribution in [-0.2, 0) is 15.6 Å². The predicted molar refractivity (Wildman–Crippen MR) is 108 cm³/mol. The number of carbonyl (C=O) groups excluding carboxylic acids is 1. The maximum Gasteiger partial charge on any atom is 0.412 e.